The quantitative estimate of drug-likeness (QED) is 0.817. The van der Waals surface area contributed by atoms with Gasteiger partial charge in [0.25, 0.3) is 0 Å². The minimum atomic E-state index is -0.804. The van der Waals surface area contributed by atoms with Crippen LogP contribution in [0.2, 0.25) is 0 Å². The summed E-state index contributed by atoms with van der Waals surface area (Å²) in [5.74, 6) is 0.00451. The second-order valence-corrected chi connectivity index (χ2v) is 7.41. The van der Waals surface area contributed by atoms with Gasteiger partial charge in [0, 0.05) is 32.7 Å². The van der Waals surface area contributed by atoms with E-state index in [-0.39, 0.29) is 11.8 Å². The van der Waals surface area contributed by atoms with Crippen LogP contribution in [-0.2, 0) is 4.79 Å². The Kier molecular flexibility index (Phi) is 7.38. The number of amides is 1. The minimum absolute atomic E-state index is 0.0693. The molecule has 1 aliphatic rings. The molecule has 0 bridgehead atoms. The summed E-state index contributed by atoms with van der Waals surface area (Å²) in [4.78, 5) is 16.8. The molecule has 0 radical (unpaired) electrons. The van der Waals surface area contributed by atoms with E-state index in [9.17, 15) is 10.1 Å². The van der Waals surface area contributed by atoms with Crippen LogP contribution in [0.5, 0.6) is 0 Å². The van der Waals surface area contributed by atoms with Gasteiger partial charge >= 0.3 is 0 Å². The van der Waals surface area contributed by atoms with E-state index >= 15 is 0 Å². The van der Waals surface area contributed by atoms with E-state index in [2.05, 4.69) is 45.5 Å². The molecule has 0 aliphatic carbocycles. The highest BCUT2D eigenvalue weighted by molar-refractivity contribution is 5.79. The zero-order chi connectivity index (χ0) is 19.0. The fraction of sp³-hybridized carbons (Fsp3) is 0.524. The molecule has 1 aromatic rings. The van der Waals surface area contributed by atoms with Crippen LogP contribution in [0.4, 0.5) is 0 Å². The zero-order valence-corrected chi connectivity index (χ0v) is 16.1. The summed E-state index contributed by atoms with van der Waals surface area (Å²) in [6, 6.07) is 12.5. The largest absolute Gasteiger partial charge is 0.337 e. The van der Waals surface area contributed by atoms with Crippen LogP contribution in [0.15, 0.2) is 36.4 Å². The smallest absolute Gasteiger partial charge is 0.235 e. The number of hydrogen-bond donors (Lipinski definition) is 1. The number of piperazine rings is 1. The average molecular weight is 354 g/mol. The Hall–Kier alpha value is -2.16. The first kappa shape index (κ1) is 20.2. The van der Waals surface area contributed by atoms with Crippen LogP contribution in [0, 0.1) is 17.2 Å². The highest BCUT2D eigenvalue weighted by Gasteiger charge is 2.30. The lowest BCUT2D eigenvalue weighted by molar-refractivity contribution is -0.124. The molecule has 1 saturated heterocycles. The Bertz CT molecular complexity index is 642. The van der Waals surface area contributed by atoms with Gasteiger partial charge in [0.05, 0.1) is 12.6 Å². The number of benzene rings is 1. The topological polar surface area (TPSA) is 59.4 Å². The van der Waals surface area contributed by atoms with Crippen molar-refractivity contribution < 1.29 is 4.79 Å². The molecule has 0 saturated carbocycles. The van der Waals surface area contributed by atoms with Crippen molar-refractivity contribution in [2.75, 3.05) is 39.3 Å². The lowest BCUT2D eigenvalue weighted by Crippen LogP contribution is -2.54. The summed E-state index contributed by atoms with van der Waals surface area (Å²) in [5, 5.41) is 12.2. The van der Waals surface area contributed by atoms with Crippen molar-refractivity contribution in [2.45, 2.75) is 26.3 Å². The van der Waals surface area contributed by atoms with Gasteiger partial charge in [-0.1, -0.05) is 56.3 Å². The van der Waals surface area contributed by atoms with E-state index in [0.29, 0.717) is 6.54 Å². The summed E-state index contributed by atoms with van der Waals surface area (Å²) < 4.78 is 0. The fourth-order valence-electron chi connectivity index (χ4n) is 2.87. The van der Waals surface area contributed by atoms with Crippen LogP contribution in [-0.4, -0.2) is 60.5 Å². The molecule has 5 heteroatoms. The summed E-state index contributed by atoms with van der Waals surface area (Å²) >= 11 is 0. The van der Waals surface area contributed by atoms with Gasteiger partial charge in [-0.15, -0.1) is 0 Å². The van der Waals surface area contributed by atoms with Crippen LogP contribution in [0.1, 0.15) is 26.3 Å². The monoisotopic (exact) mass is 354 g/mol. The third-order valence-corrected chi connectivity index (χ3v) is 5.09. The highest BCUT2D eigenvalue weighted by Crippen LogP contribution is 2.15. The van der Waals surface area contributed by atoms with Gasteiger partial charge in [-0.05, 0) is 18.4 Å². The summed E-state index contributed by atoms with van der Waals surface area (Å²) in [6.45, 7) is 10.6. The van der Waals surface area contributed by atoms with Gasteiger partial charge in [0.15, 0.2) is 0 Å². The van der Waals surface area contributed by atoms with E-state index in [1.807, 2.05) is 32.0 Å². The number of rotatable bonds is 7. The Morgan fingerprint density at radius 3 is 2.42 bits per heavy atom. The molecule has 1 atom stereocenters. The van der Waals surface area contributed by atoms with Gasteiger partial charge in [-0.25, -0.2) is 0 Å². The van der Waals surface area contributed by atoms with Gasteiger partial charge < -0.3 is 5.32 Å². The molecule has 2 rings (SSSR count). The standard InChI is InChI=1S/C21H30N4O/c1-18(2)21(3,17-22)23-20(26)16-25-14-12-24(13-15-25)11-7-10-19-8-5-4-6-9-19/h4-10,18H,11-16H2,1-3H3,(H,23,26)/b10-7+/t21-/m0/s1. The van der Waals surface area contributed by atoms with Gasteiger partial charge in [-0.3, -0.25) is 14.6 Å². The van der Waals surface area contributed by atoms with Crippen LogP contribution in [0.3, 0.4) is 0 Å². The molecule has 140 valence electrons. The van der Waals surface area contributed by atoms with Gasteiger partial charge in [0.2, 0.25) is 5.91 Å². The van der Waals surface area contributed by atoms with E-state index < -0.39 is 5.54 Å². The van der Waals surface area contributed by atoms with E-state index in [1.54, 1.807) is 6.92 Å². The van der Waals surface area contributed by atoms with Gasteiger partial charge in [-0.2, -0.15) is 5.26 Å². The molecule has 1 amide bonds. The predicted octanol–water partition coefficient (Wildman–Crippen LogP) is 2.37. The van der Waals surface area contributed by atoms with E-state index in [4.69, 9.17) is 0 Å². The SMILES string of the molecule is CC(C)[C@](C)(C#N)NC(=O)CN1CCN(C/C=C/c2ccccc2)CC1. The Morgan fingerprint density at radius 1 is 1.23 bits per heavy atom. The predicted molar refractivity (Wildman–Crippen MR) is 105 cm³/mol. The van der Waals surface area contributed by atoms with Crippen molar-refractivity contribution in [3.05, 3.63) is 42.0 Å². The number of nitrogens with zero attached hydrogens (tertiary/aromatic N) is 3. The summed E-state index contributed by atoms with van der Waals surface area (Å²) in [6.07, 6.45) is 4.34. The maximum absolute atomic E-state index is 12.3. The molecule has 26 heavy (non-hydrogen) atoms. The molecule has 1 N–H and O–H groups in total. The third kappa shape index (κ3) is 5.98. The Labute approximate surface area is 157 Å². The Balaban J connectivity index is 1.72. The normalized spacial score (nSPS) is 18.6. The Morgan fingerprint density at radius 2 is 1.85 bits per heavy atom. The average Bonchev–Trinajstić information content (AvgIpc) is 2.63. The summed E-state index contributed by atoms with van der Waals surface area (Å²) in [7, 11) is 0. The molecule has 0 aromatic heterocycles. The van der Waals surface area contributed by atoms with Crippen molar-refractivity contribution in [3.63, 3.8) is 0 Å². The fourth-order valence-corrected chi connectivity index (χ4v) is 2.87. The first-order valence-electron chi connectivity index (χ1n) is 9.31. The molecule has 0 spiro atoms. The third-order valence-electron chi connectivity index (χ3n) is 5.09. The maximum Gasteiger partial charge on any atom is 0.235 e. The second kappa shape index (κ2) is 9.51. The first-order chi connectivity index (χ1) is 12.4. The second-order valence-electron chi connectivity index (χ2n) is 7.41. The maximum atomic E-state index is 12.3. The lowest BCUT2D eigenvalue weighted by atomic mass is 9.90. The van der Waals surface area contributed by atoms with Crippen molar-refractivity contribution in [2.24, 2.45) is 5.92 Å². The zero-order valence-electron chi connectivity index (χ0n) is 16.1. The van der Waals surface area contributed by atoms with E-state index in [0.717, 1.165) is 32.7 Å². The molecule has 1 aliphatic heterocycles. The first-order valence-corrected chi connectivity index (χ1v) is 9.31. The summed E-state index contributed by atoms with van der Waals surface area (Å²) in [5.41, 5.74) is 0.412. The number of hydrogen-bond acceptors (Lipinski definition) is 4. The van der Waals surface area contributed by atoms with Crippen LogP contribution < -0.4 is 5.32 Å². The van der Waals surface area contributed by atoms with Crippen LogP contribution in [0.25, 0.3) is 6.08 Å². The molecule has 1 aromatic carbocycles. The molecule has 5 nitrogen and oxygen atoms in total. The minimum Gasteiger partial charge on any atom is -0.337 e. The number of nitriles is 1. The number of nitrogens with one attached hydrogen (secondary N) is 1. The van der Waals surface area contributed by atoms with Crippen molar-refractivity contribution in [1.29, 1.82) is 5.26 Å². The van der Waals surface area contributed by atoms with Crippen LogP contribution >= 0.6 is 0 Å². The van der Waals surface area contributed by atoms with Crippen molar-refractivity contribution in [1.82, 2.24) is 15.1 Å². The molecule has 0 unspecified atom stereocenters. The van der Waals surface area contributed by atoms with Crippen molar-refractivity contribution in [3.8, 4) is 6.07 Å². The number of carbonyl (C=O) groups excluding carboxylic acids is 1. The van der Waals surface area contributed by atoms with Gasteiger partial charge in [0.1, 0.15) is 5.54 Å². The van der Waals surface area contributed by atoms with Crippen molar-refractivity contribution >= 4 is 12.0 Å². The molecule has 1 heterocycles. The molecule has 1 fully saturated rings. The molecular weight excluding hydrogens is 324 g/mol. The highest BCUT2D eigenvalue weighted by atomic mass is 16.2. The van der Waals surface area contributed by atoms with E-state index in [1.165, 1.54) is 5.56 Å². The number of carbonyl (C=O) groups is 1. The lowest BCUT2D eigenvalue weighted by Gasteiger charge is -2.34. The molecular formula is C21H30N4O.